The number of hydrogen-bond donors (Lipinski definition) is 0. The molecule has 0 atom stereocenters. The molecule has 1 aliphatic rings. The summed E-state index contributed by atoms with van der Waals surface area (Å²) < 4.78 is 0. The van der Waals surface area contributed by atoms with Gasteiger partial charge in [-0.1, -0.05) is 6.92 Å². The van der Waals surface area contributed by atoms with Gasteiger partial charge in [-0.3, -0.25) is 0 Å². The smallest absolute Gasteiger partial charge is 0.0140 e. The predicted molar refractivity (Wildman–Crippen MR) is 30.8 cm³/mol. The van der Waals surface area contributed by atoms with Gasteiger partial charge in [-0.15, -0.1) is 12.3 Å². The molecule has 0 N–H and O–H groups in total. The highest BCUT2D eigenvalue weighted by Crippen LogP contribution is 2.47. The molecule has 1 aliphatic carbocycles. The first kappa shape index (κ1) is 4.71. The summed E-state index contributed by atoms with van der Waals surface area (Å²) in [5, 5.41) is 0. The molecule has 0 amide bonds. The normalized spacial score (nSPS) is 23.4. The van der Waals surface area contributed by atoms with E-state index >= 15 is 0 Å². The average Bonchev–Trinajstić information content (AvgIpc) is 2.22. The van der Waals surface area contributed by atoms with Gasteiger partial charge < -0.3 is 0 Å². The van der Waals surface area contributed by atoms with Crippen LogP contribution in [0.25, 0.3) is 0 Å². The monoisotopic (exact) mass is 94.1 g/mol. The molecule has 1 fully saturated rings. The van der Waals surface area contributed by atoms with E-state index < -0.39 is 0 Å². The average molecular weight is 94.2 g/mol. The summed E-state index contributed by atoms with van der Waals surface area (Å²) in [6.45, 7) is 2.24. The molecule has 38 valence electrons. The van der Waals surface area contributed by atoms with Crippen LogP contribution in [0.15, 0.2) is 0 Å². The van der Waals surface area contributed by atoms with Gasteiger partial charge in [0.15, 0.2) is 0 Å². The Bertz CT molecular complexity index is 102. The lowest BCUT2D eigenvalue weighted by molar-refractivity contribution is 0.596. The van der Waals surface area contributed by atoms with Crippen LogP contribution in [0.5, 0.6) is 0 Å². The molecule has 0 aromatic heterocycles. The molecule has 1 saturated carbocycles. The SMILES string of the molecule is C#CCC1(C)CC1. The van der Waals surface area contributed by atoms with E-state index in [1.54, 1.807) is 0 Å². The maximum absolute atomic E-state index is 5.10. The highest BCUT2D eigenvalue weighted by Gasteiger charge is 2.35. The van der Waals surface area contributed by atoms with Gasteiger partial charge in [0.25, 0.3) is 0 Å². The Morgan fingerprint density at radius 1 is 1.71 bits per heavy atom. The van der Waals surface area contributed by atoms with E-state index in [1.807, 2.05) is 0 Å². The van der Waals surface area contributed by atoms with Gasteiger partial charge in [-0.2, -0.15) is 0 Å². The lowest BCUT2D eigenvalue weighted by Crippen LogP contribution is -1.87. The molecule has 0 spiro atoms. The molecule has 0 heteroatoms. The molecule has 7 heavy (non-hydrogen) atoms. The lowest BCUT2D eigenvalue weighted by Gasteiger charge is -1.96. The van der Waals surface area contributed by atoms with Crippen molar-refractivity contribution in [3.05, 3.63) is 0 Å². The molecule has 1 rings (SSSR count). The van der Waals surface area contributed by atoms with Crippen molar-refractivity contribution in [2.24, 2.45) is 5.41 Å². The lowest BCUT2D eigenvalue weighted by atomic mass is 10.1. The Balaban J connectivity index is 2.30. The first-order chi connectivity index (χ1) is 3.27. The first-order valence-corrected chi connectivity index (χ1v) is 2.70. The molecule has 0 aromatic rings. The third-order valence-electron chi connectivity index (χ3n) is 1.63. The zero-order valence-electron chi connectivity index (χ0n) is 4.70. The topological polar surface area (TPSA) is 0 Å². The van der Waals surface area contributed by atoms with E-state index in [1.165, 1.54) is 12.8 Å². The fourth-order valence-electron chi connectivity index (χ4n) is 0.637. The van der Waals surface area contributed by atoms with E-state index in [0.29, 0.717) is 5.41 Å². The van der Waals surface area contributed by atoms with Crippen LogP contribution in [0.4, 0.5) is 0 Å². The van der Waals surface area contributed by atoms with Crippen molar-refractivity contribution in [1.29, 1.82) is 0 Å². The molecule has 0 bridgehead atoms. The van der Waals surface area contributed by atoms with Crippen LogP contribution in [0.2, 0.25) is 0 Å². The summed E-state index contributed by atoms with van der Waals surface area (Å²) in [7, 11) is 0. The summed E-state index contributed by atoms with van der Waals surface area (Å²) in [5.41, 5.74) is 0.564. The first-order valence-electron chi connectivity index (χ1n) is 2.70. The van der Waals surface area contributed by atoms with Crippen LogP contribution in [-0.2, 0) is 0 Å². The largest absolute Gasteiger partial charge is 0.120 e. The van der Waals surface area contributed by atoms with Crippen LogP contribution < -0.4 is 0 Å². The van der Waals surface area contributed by atoms with Crippen molar-refractivity contribution in [3.8, 4) is 12.3 Å². The molecule has 0 radical (unpaired) electrons. The van der Waals surface area contributed by atoms with E-state index in [9.17, 15) is 0 Å². The second-order valence-electron chi connectivity index (χ2n) is 2.69. The van der Waals surface area contributed by atoms with E-state index in [4.69, 9.17) is 6.42 Å². The highest BCUT2D eigenvalue weighted by molar-refractivity contribution is 4.99. The van der Waals surface area contributed by atoms with Gasteiger partial charge in [-0.25, -0.2) is 0 Å². The van der Waals surface area contributed by atoms with Crippen molar-refractivity contribution < 1.29 is 0 Å². The fraction of sp³-hybridized carbons (Fsp3) is 0.714. The highest BCUT2D eigenvalue weighted by atomic mass is 14.4. The molecule has 0 aliphatic heterocycles. The summed E-state index contributed by atoms with van der Waals surface area (Å²) in [4.78, 5) is 0. The number of rotatable bonds is 1. The standard InChI is InChI=1S/C7H10/c1-3-4-7(2)5-6-7/h1H,4-6H2,2H3. The quantitative estimate of drug-likeness (QED) is 0.435. The van der Waals surface area contributed by atoms with Gasteiger partial charge in [0.2, 0.25) is 0 Å². The van der Waals surface area contributed by atoms with Gasteiger partial charge in [0.05, 0.1) is 0 Å². The maximum atomic E-state index is 5.10. The van der Waals surface area contributed by atoms with E-state index in [0.717, 1.165) is 6.42 Å². The Labute approximate surface area is 44.9 Å². The van der Waals surface area contributed by atoms with Crippen molar-refractivity contribution >= 4 is 0 Å². The Morgan fingerprint density at radius 3 is 2.43 bits per heavy atom. The Hall–Kier alpha value is -0.440. The van der Waals surface area contributed by atoms with Crippen molar-refractivity contribution in [3.63, 3.8) is 0 Å². The summed E-state index contributed by atoms with van der Waals surface area (Å²) in [6.07, 6.45) is 8.77. The Kier molecular flexibility index (Phi) is 0.852. The Morgan fingerprint density at radius 2 is 2.29 bits per heavy atom. The fourth-order valence-corrected chi connectivity index (χ4v) is 0.637. The van der Waals surface area contributed by atoms with Crippen LogP contribution in [-0.4, -0.2) is 0 Å². The van der Waals surface area contributed by atoms with Crippen molar-refractivity contribution in [2.75, 3.05) is 0 Å². The second kappa shape index (κ2) is 1.26. The van der Waals surface area contributed by atoms with Crippen LogP contribution >= 0.6 is 0 Å². The minimum absolute atomic E-state index is 0.564. The third kappa shape index (κ3) is 0.962. The van der Waals surface area contributed by atoms with E-state index in [2.05, 4.69) is 12.8 Å². The number of terminal acetylenes is 1. The van der Waals surface area contributed by atoms with Gasteiger partial charge in [0.1, 0.15) is 0 Å². The van der Waals surface area contributed by atoms with Gasteiger partial charge in [-0.05, 0) is 18.3 Å². The van der Waals surface area contributed by atoms with Crippen molar-refractivity contribution in [2.45, 2.75) is 26.2 Å². The van der Waals surface area contributed by atoms with Crippen LogP contribution in [0.1, 0.15) is 26.2 Å². The molecule has 0 unspecified atom stereocenters. The van der Waals surface area contributed by atoms with Gasteiger partial charge >= 0.3 is 0 Å². The number of hydrogen-bond acceptors (Lipinski definition) is 0. The summed E-state index contributed by atoms with van der Waals surface area (Å²) in [5.74, 6) is 2.67. The molecule has 0 nitrogen and oxygen atoms in total. The summed E-state index contributed by atoms with van der Waals surface area (Å²) >= 11 is 0. The molecule has 0 heterocycles. The minimum atomic E-state index is 0.564. The molecular weight excluding hydrogens is 84.1 g/mol. The molecular formula is C7H10. The molecule has 0 aromatic carbocycles. The van der Waals surface area contributed by atoms with Crippen molar-refractivity contribution in [1.82, 2.24) is 0 Å². The zero-order chi connectivity index (χ0) is 5.33. The predicted octanol–water partition coefficient (Wildman–Crippen LogP) is 1.81. The second-order valence-corrected chi connectivity index (χ2v) is 2.69. The van der Waals surface area contributed by atoms with Gasteiger partial charge in [0, 0.05) is 6.42 Å². The molecule has 0 saturated heterocycles. The summed E-state index contributed by atoms with van der Waals surface area (Å²) in [6, 6.07) is 0. The van der Waals surface area contributed by atoms with E-state index in [-0.39, 0.29) is 0 Å². The maximum Gasteiger partial charge on any atom is 0.0140 e. The third-order valence-corrected chi connectivity index (χ3v) is 1.63. The van der Waals surface area contributed by atoms with Crippen LogP contribution in [0, 0.1) is 17.8 Å². The minimum Gasteiger partial charge on any atom is -0.120 e. The zero-order valence-corrected chi connectivity index (χ0v) is 4.70. The van der Waals surface area contributed by atoms with Crippen LogP contribution in [0.3, 0.4) is 0 Å².